The van der Waals surface area contributed by atoms with E-state index in [2.05, 4.69) is 10.2 Å². The molecule has 20 heavy (non-hydrogen) atoms. The molecule has 2 rings (SSSR count). The number of aliphatic hydroxyl groups excluding tert-OH is 1. The zero-order valence-electron chi connectivity index (χ0n) is 11.2. The third kappa shape index (κ3) is 4.00. The maximum atomic E-state index is 11.9. The molecule has 0 bridgehead atoms. The molecule has 1 aliphatic rings. The molecule has 5 nitrogen and oxygen atoms in total. The first-order chi connectivity index (χ1) is 9.56. The highest BCUT2D eigenvalue weighted by atomic mass is 32.1. The first-order valence-corrected chi connectivity index (χ1v) is 7.06. The number of β-amino-alcohol motifs (C(OH)–C–C–N with tert-alkyl or cyclic N) is 1. The average Bonchev–Trinajstić information content (AvgIpc) is 2.83. The van der Waals surface area contributed by atoms with E-state index in [9.17, 15) is 9.90 Å². The van der Waals surface area contributed by atoms with E-state index in [0.717, 1.165) is 13.0 Å². The van der Waals surface area contributed by atoms with Gasteiger partial charge >= 0.3 is 0 Å². The Bertz CT molecular complexity index is 507. The van der Waals surface area contributed by atoms with Gasteiger partial charge in [-0.3, -0.25) is 4.79 Å². The Morgan fingerprint density at radius 2 is 2.25 bits per heavy atom. The Labute approximate surface area is 123 Å². The van der Waals surface area contributed by atoms with Crippen LogP contribution in [0.4, 0.5) is 5.69 Å². The second-order valence-corrected chi connectivity index (χ2v) is 5.39. The van der Waals surface area contributed by atoms with Crippen molar-refractivity contribution < 1.29 is 9.90 Å². The smallest absolute Gasteiger partial charge is 0.225 e. The Balaban J connectivity index is 1.87. The lowest BCUT2D eigenvalue weighted by Crippen LogP contribution is -2.27. The number of thiocarbonyl (C=S) groups is 1. The van der Waals surface area contributed by atoms with Crippen LogP contribution in [0.1, 0.15) is 18.4 Å². The second-order valence-electron chi connectivity index (χ2n) is 4.95. The molecule has 1 unspecified atom stereocenters. The van der Waals surface area contributed by atoms with Gasteiger partial charge < -0.3 is 21.1 Å². The van der Waals surface area contributed by atoms with E-state index in [1.807, 2.05) is 12.1 Å². The minimum absolute atomic E-state index is 0.0740. The highest BCUT2D eigenvalue weighted by Crippen LogP contribution is 2.15. The van der Waals surface area contributed by atoms with Crippen LogP contribution < -0.4 is 11.1 Å². The Morgan fingerprint density at radius 1 is 1.50 bits per heavy atom. The molecule has 0 aliphatic carbocycles. The van der Waals surface area contributed by atoms with Crippen LogP contribution in [0.3, 0.4) is 0 Å². The van der Waals surface area contributed by atoms with E-state index in [-0.39, 0.29) is 17.0 Å². The van der Waals surface area contributed by atoms with Crippen LogP contribution in [0, 0.1) is 0 Å². The summed E-state index contributed by atoms with van der Waals surface area (Å²) in [6, 6.07) is 7.23. The first-order valence-electron chi connectivity index (χ1n) is 6.65. The molecule has 1 aromatic rings. The third-order valence-electron chi connectivity index (χ3n) is 3.37. The fraction of sp³-hybridized carbons (Fsp3) is 0.429. The Morgan fingerprint density at radius 3 is 2.90 bits per heavy atom. The number of rotatable bonds is 5. The number of nitrogens with one attached hydrogen (secondary N) is 1. The van der Waals surface area contributed by atoms with E-state index >= 15 is 0 Å². The second kappa shape index (κ2) is 6.78. The molecule has 1 aliphatic heterocycles. The number of nitrogens with two attached hydrogens (primary N) is 1. The molecular formula is C14H19N3O2S. The number of carbonyl (C=O) groups excluding carboxylic acids is 1. The number of nitrogens with zero attached hydrogens (tertiary/aromatic N) is 1. The van der Waals surface area contributed by atoms with Crippen molar-refractivity contribution in [2.45, 2.75) is 18.9 Å². The Hall–Kier alpha value is -1.50. The van der Waals surface area contributed by atoms with Crippen LogP contribution in [0.25, 0.3) is 0 Å². The zero-order chi connectivity index (χ0) is 14.5. The summed E-state index contributed by atoms with van der Waals surface area (Å²) >= 11 is 4.96. The summed E-state index contributed by atoms with van der Waals surface area (Å²) in [5, 5.41) is 12.3. The molecule has 108 valence electrons. The number of aliphatic hydroxyl groups is 1. The van der Waals surface area contributed by atoms with Gasteiger partial charge in [0.25, 0.3) is 0 Å². The van der Waals surface area contributed by atoms with Gasteiger partial charge in [-0.05, 0) is 18.6 Å². The fourth-order valence-electron chi connectivity index (χ4n) is 2.29. The van der Waals surface area contributed by atoms with Gasteiger partial charge in [0.15, 0.2) is 0 Å². The summed E-state index contributed by atoms with van der Waals surface area (Å²) in [6.07, 6.45) is 0.915. The lowest BCUT2D eigenvalue weighted by atomic mass is 10.1. The van der Waals surface area contributed by atoms with Crippen molar-refractivity contribution in [3.05, 3.63) is 29.8 Å². The molecule has 1 fully saturated rings. The average molecular weight is 293 g/mol. The van der Waals surface area contributed by atoms with Crippen molar-refractivity contribution >= 4 is 28.8 Å². The summed E-state index contributed by atoms with van der Waals surface area (Å²) < 4.78 is 0. The quantitative estimate of drug-likeness (QED) is 0.697. The van der Waals surface area contributed by atoms with Crippen LogP contribution in [0.5, 0.6) is 0 Å². The number of anilines is 1. The monoisotopic (exact) mass is 293 g/mol. The number of carbonyl (C=O) groups is 1. The molecular weight excluding hydrogens is 274 g/mol. The summed E-state index contributed by atoms with van der Waals surface area (Å²) in [6.45, 7) is 2.15. The van der Waals surface area contributed by atoms with Crippen LogP contribution in [0.15, 0.2) is 24.3 Å². The predicted octanol–water partition coefficient (Wildman–Crippen LogP) is 0.716. The van der Waals surface area contributed by atoms with Crippen molar-refractivity contribution in [2.24, 2.45) is 5.73 Å². The van der Waals surface area contributed by atoms with E-state index in [4.69, 9.17) is 18.0 Å². The van der Waals surface area contributed by atoms with Gasteiger partial charge in [0.05, 0.1) is 11.8 Å². The summed E-state index contributed by atoms with van der Waals surface area (Å²) in [4.78, 5) is 14.3. The minimum Gasteiger partial charge on any atom is -0.392 e. The maximum absolute atomic E-state index is 11.9. The van der Waals surface area contributed by atoms with Gasteiger partial charge in [0.1, 0.15) is 4.99 Å². The van der Waals surface area contributed by atoms with Gasteiger partial charge in [-0.1, -0.05) is 24.4 Å². The highest BCUT2D eigenvalue weighted by molar-refractivity contribution is 7.80. The van der Waals surface area contributed by atoms with E-state index in [1.165, 1.54) is 0 Å². The number of likely N-dealkylation sites (tertiary alicyclic amines) is 1. The lowest BCUT2D eigenvalue weighted by molar-refractivity contribution is -0.116. The van der Waals surface area contributed by atoms with Gasteiger partial charge in [-0.15, -0.1) is 0 Å². The largest absolute Gasteiger partial charge is 0.392 e. The molecule has 0 spiro atoms. The summed E-state index contributed by atoms with van der Waals surface area (Å²) in [5.41, 5.74) is 6.94. The Kier molecular flexibility index (Phi) is 5.05. The molecule has 1 aromatic carbocycles. The summed E-state index contributed by atoms with van der Waals surface area (Å²) in [5.74, 6) is -0.0740. The number of amides is 1. The van der Waals surface area contributed by atoms with Gasteiger partial charge in [0.2, 0.25) is 5.91 Å². The molecule has 0 radical (unpaired) electrons. The molecule has 0 saturated carbocycles. The number of para-hydroxylation sites is 1. The number of hydrogen-bond acceptors (Lipinski definition) is 4. The van der Waals surface area contributed by atoms with Crippen LogP contribution in [0.2, 0.25) is 0 Å². The standard InChI is InChI=1S/C14H19N3O2S/c15-14(20)11-3-1-2-4-12(11)16-13(19)6-8-17-7-5-10(18)9-17/h1-4,10,18H,5-9H2,(H2,15,20)(H,16,19). The molecule has 0 aromatic heterocycles. The van der Waals surface area contributed by atoms with Gasteiger partial charge in [-0.25, -0.2) is 0 Å². The highest BCUT2D eigenvalue weighted by Gasteiger charge is 2.20. The van der Waals surface area contributed by atoms with Crippen molar-refractivity contribution in [3.63, 3.8) is 0 Å². The van der Waals surface area contributed by atoms with Crippen LogP contribution in [-0.4, -0.2) is 46.6 Å². The maximum Gasteiger partial charge on any atom is 0.225 e. The first kappa shape index (κ1) is 14.9. The van der Waals surface area contributed by atoms with Crippen LogP contribution >= 0.6 is 12.2 Å². The van der Waals surface area contributed by atoms with Gasteiger partial charge in [-0.2, -0.15) is 0 Å². The fourth-order valence-corrected chi connectivity index (χ4v) is 2.47. The van der Waals surface area contributed by atoms with E-state index in [0.29, 0.717) is 30.8 Å². The van der Waals surface area contributed by atoms with E-state index in [1.54, 1.807) is 12.1 Å². The van der Waals surface area contributed by atoms with Gasteiger partial charge in [0, 0.05) is 31.6 Å². The molecule has 6 heteroatoms. The SMILES string of the molecule is NC(=S)c1ccccc1NC(=O)CCN1CCC(O)C1. The summed E-state index contributed by atoms with van der Waals surface area (Å²) in [7, 11) is 0. The lowest BCUT2D eigenvalue weighted by Gasteiger charge is -2.15. The minimum atomic E-state index is -0.256. The molecule has 1 amide bonds. The molecule has 1 heterocycles. The predicted molar refractivity (Wildman–Crippen MR) is 82.6 cm³/mol. The van der Waals surface area contributed by atoms with Crippen molar-refractivity contribution in [2.75, 3.05) is 25.0 Å². The van der Waals surface area contributed by atoms with Crippen molar-refractivity contribution in [3.8, 4) is 0 Å². The van der Waals surface area contributed by atoms with E-state index < -0.39 is 0 Å². The molecule has 1 atom stereocenters. The molecule has 4 N–H and O–H groups in total. The zero-order valence-corrected chi connectivity index (χ0v) is 12.0. The third-order valence-corrected chi connectivity index (χ3v) is 3.59. The normalized spacial score (nSPS) is 18.9. The van der Waals surface area contributed by atoms with Crippen molar-refractivity contribution in [1.82, 2.24) is 4.90 Å². The van der Waals surface area contributed by atoms with Crippen LogP contribution in [-0.2, 0) is 4.79 Å². The topological polar surface area (TPSA) is 78.6 Å². The molecule has 1 saturated heterocycles. The van der Waals surface area contributed by atoms with Crippen molar-refractivity contribution in [1.29, 1.82) is 0 Å². The number of hydrogen-bond donors (Lipinski definition) is 3. The number of benzene rings is 1.